The fraction of sp³-hybridized carbons (Fsp3) is 0.464. The van der Waals surface area contributed by atoms with Gasteiger partial charge >= 0.3 is 11.9 Å². The minimum atomic E-state index is -0.557. The van der Waals surface area contributed by atoms with Crippen molar-refractivity contribution in [1.82, 2.24) is 0 Å². The van der Waals surface area contributed by atoms with Crippen LogP contribution in [0.1, 0.15) is 69.8 Å². The number of aromatic nitrogens is 1. The van der Waals surface area contributed by atoms with Gasteiger partial charge in [-0.25, -0.2) is 14.2 Å². The molecule has 1 heterocycles. The molecule has 1 aromatic carbocycles. The van der Waals surface area contributed by atoms with E-state index in [0.29, 0.717) is 12.1 Å². The van der Waals surface area contributed by atoms with E-state index < -0.39 is 11.9 Å². The van der Waals surface area contributed by atoms with Gasteiger partial charge in [0, 0.05) is 17.7 Å². The minimum absolute atomic E-state index is 0.0358. The van der Waals surface area contributed by atoms with Gasteiger partial charge in [0.15, 0.2) is 24.5 Å². The lowest BCUT2D eigenvalue weighted by Gasteiger charge is -2.25. The molecule has 5 heteroatoms. The van der Waals surface area contributed by atoms with E-state index in [9.17, 15) is 9.59 Å². The Balaban J connectivity index is 1.71. The molecule has 2 saturated carbocycles. The van der Waals surface area contributed by atoms with Crippen molar-refractivity contribution in [3.8, 4) is 0 Å². The van der Waals surface area contributed by atoms with Gasteiger partial charge in [0.1, 0.15) is 12.2 Å². The number of rotatable bonds is 7. The van der Waals surface area contributed by atoms with E-state index in [1.165, 1.54) is 12.8 Å². The molecule has 0 radical (unpaired) electrons. The smallest absolute Gasteiger partial charge is 0.346 e. The minimum Gasteiger partial charge on any atom is -0.459 e. The summed E-state index contributed by atoms with van der Waals surface area (Å²) >= 11 is 0. The van der Waals surface area contributed by atoms with Crippen molar-refractivity contribution in [3.63, 3.8) is 0 Å². The van der Waals surface area contributed by atoms with Gasteiger partial charge in [0.2, 0.25) is 0 Å². The standard InChI is InChI=1S/C28H34NO4/c30-27(32-23-15-7-2-8-16-23)26(28(31)33-24-17-9-3-10-18-24)25(22-13-5-1-6-14-22)21-29-19-11-4-12-20-29/h1,4-6,11-14,19-20,23-24H,2-3,7-10,15-18,21H2/q+1. The summed E-state index contributed by atoms with van der Waals surface area (Å²) < 4.78 is 13.8. The lowest BCUT2D eigenvalue weighted by atomic mass is 9.96. The molecular formula is C28H34NO4+. The second-order valence-electron chi connectivity index (χ2n) is 9.10. The first kappa shape index (κ1) is 23.2. The van der Waals surface area contributed by atoms with E-state index in [2.05, 4.69) is 0 Å². The predicted octanol–water partition coefficient (Wildman–Crippen LogP) is 5.18. The number of hydrogen-bond donors (Lipinski definition) is 0. The molecule has 0 unspecified atom stereocenters. The molecular weight excluding hydrogens is 414 g/mol. The van der Waals surface area contributed by atoms with Crippen molar-refractivity contribution >= 4 is 17.5 Å². The largest absolute Gasteiger partial charge is 0.459 e. The van der Waals surface area contributed by atoms with E-state index in [1.54, 1.807) is 0 Å². The fourth-order valence-corrected chi connectivity index (χ4v) is 4.79. The molecule has 33 heavy (non-hydrogen) atoms. The van der Waals surface area contributed by atoms with Crippen molar-refractivity contribution in [2.24, 2.45) is 0 Å². The number of allylic oxidation sites excluding steroid dienone is 1. The van der Waals surface area contributed by atoms with Crippen LogP contribution in [0, 0.1) is 0 Å². The number of carbonyl (C=O) groups is 2. The molecule has 0 saturated heterocycles. The van der Waals surface area contributed by atoms with E-state index in [0.717, 1.165) is 56.9 Å². The highest BCUT2D eigenvalue weighted by Crippen LogP contribution is 2.27. The Labute approximate surface area is 196 Å². The first-order chi connectivity index (χ1) is 16.2. The first-order valence-corrected chi connectivity index (χ1v) is 12.4. The molecule has 174 valence electrons. The molecule has 0 aliphatic heterocycles. The van der Waals surface area contributed by atoms with Gasteiger partial charge in [-0.1, -0.05) is 49.2 Å². The normalized spacial score (nSPS) is 17.2. The number of benzene rings is 1. The lowest BCUT2D eigenvalue weighted by molar-refractivity contribution is -0.684. The summed E-state index contributed by atoms with van der Waals surface area (Å²) in [6.45, 7) is 0.375. The maximum absolute atomic E-state index is 13.5. The first-order valence-electron chi connectivity index (χ1n) is 12.4. The Hall–Kier alpha value is -2.95. The van der Waals surface area contributed by atoms with Crippen molar-refractivity contribution in [2.75, 3.05) is 0 Å². The molecule has 0 spiro atoms. The van der Waals surface area contributed by atoms with Crippen LogP contribution in [0.4, 0.5) is 0 Å². The number of carbonyl (C=O) groups excluding carboxylic acids is 2. The second-order valence-corrected chi connectivity index (χ2v) is 9.10. The van der Waals surface area contributed by atoms with Crippen LogP contribution in [0.15, 0.2) is 66.5 Å². The van der Waals surface area contributed by atoms with Gasteiger partial charge in [-0.2, -0.15) is 0 Å². The third-order valence-corrected chi connectivity index (χ3v) is 6.60. The SMILES string of the molecule is O=C(OC1CCCCC1)C(C(=O)OC1CCCCC1)=C(C[n+]1ccccc1)c1ccccc1. The van der Waals surface area contributed by atoms with Crippen molar-refractivity contribution in [1.29, 1.82) is 0 Å². The molecule has 1 aromatic heterocycles. The molecule has 0 bridgehead atoms. The summed E-state index contributed by atoms with van der Waals surface area (Å²) in [6.07, 6.45) is 13.5. The number of pyridine rings is 1. The summed E-state index contributed by atoms with van der Waals surface area (Å²) in [5, 5.41) is 0. The highest BCUT2D eigenvalue weighted by Gasteiger charge is 2.33. The average molecular weight is 449 g/mol. The van der Waals surface area contributed by atoms with Crippen molar-refractivity contribution in [2.45, 2.75) is 83.0 Å². The molecule has 2 aromatic rings. The van der Waals surface area contributed by atoms with Crippen LogP contribution >= 0.6 is 0 Å². The molecule has 2 aliphatic rings. The van der Waals surface area contributed by atoms with Crippen LogP contribution in [0.5, 0.6) is 0 Å². The van der Waals surface area contributed by atoms with Gasteiger partial charge < -0.3 is 9.47 Å². The number of hydrogen-bond acceptors (Lipinski definition) is 4. The van der Waals surface area contributed by atoms with Gasteiger partial charge in [-0.3, -0.25) is 0 Å². The summed E-state index contributed by atoms with van der Waals surface area (Å²) in [7, 11) is 0. The quantitative estimate of drug-likeness (QED) is 0.193. The highest BCUT2D eigenvalue weighted by molar-refractivity contribution is 6.20. The number of ether oxygens (including phenoxy) is 2. The zero-order chi connectivity index (χ0) is 22.9. The van der Waals surface area contributed by atoms with Crippen molar-refractivity contribution < 1.29 is 23.6 Å². The monoisotopic (exact) mass is 448 g/mol. The Morgan fingerprint density at radius 3 is 1.70 bits per heavy atom. The topological polar surface area (TPSA) is 56.5 Å². The maximum atomic E-state index is 13.5. The second kappa shape index (κ2) is 11.8. The van der Waals surface area contributed by atoms with E-state index in [1.807, 2.05) is 65.5 Å². The third kappa shape index (κ3) is 6.53. The van der Waals surface area contributed by atoms with E-state index in [4.69, 9.17) is 9.47 Å². The number of nitrogens with zero attached hydrogens (tertiary/aromatic N) is 1. The molecule has 2 aliphatic carbocycles. The predicted molar refractivity (Wildman–Crippen MR) is 126 cm³/mol. The third-order valence-electron chi connectivity index (χ3n) is 6.60. The van der Waals surface area contributed by atoms with Gasteiger partial charge in [-0.15, -0.1) is 0 Å². The van der Waals surface area contributed by atoms with Crippen molar-refractivity contribution in [3.05, 3.63) is 72.1 Å². The van der Waals surface area contributed by atoms with Gasteiger partial charge in [0.05, 0.1) is 0 Å². The lowest BCUT2D eigenvalue weighted by Crippen LogP contribution is -2.36. The highest BCUT2D eigenvalue weighted by atomic mass is 16.6. The average Bonchev–Trinajstić information content (AvgIpc) is 2.86. The molecule has 0 atom stereocenters. The van der Waals surface area contributed by atoms with Crippen LogP contribution in [-0.4, -0.2) is 24.1 Å². The Kier molecular flexibility index (Phi) is 8.29. The zero-order valence-electron chi connectivity index (χ0n) is 19.3. The molecule has 0 amide bonds. The van der Waals surface area contributed by atoms with E-state index in [-0.39, 0.29) is 17.8 Å². The summed E-state index contributed by atoms with van der Waals surface area (Å²) in [5.41, 5.74) is 1.49. The molecule has 2 fully saturated rings. The van der Waals surface area contributed by atoms with Crippen LogP contribution < -0.4 is 4.57 Å². The van der Waals surface area contributed by atoms with Crippen LogP contribution in [0.25, 0.3) is 5.57 Å². The fourth-order valence-electron chi connectivity index (χ4n) is 4.79. The maximum Gasteiger partial charge on any atom is 0.346 e. The number of esters is 2. The van der Waals surface area contributed by atoms with Crippen LogP contribution in [0.2, 0.25) is 0 Å². The van der Waals surface area contributed by atoms with E-state index >= 15 is 0 Å². The van der Waals surface area contributed by atoms with Crippen LogP contribution in [-0.2, 0) is 25.6 Å². The summed E-state index contributed by atoms with van der Waals surface area (Å²) in [5.74, 6) is -1.11. The molecule has 4 rings (SSSR count). The molecule has 5 nitrogen and oxygen atoms in total. The van der Waals surface area contributed by atoms with Crippen LogP contribution in [0.3, 0.4) is 0 Å². The Morgan fingerprint density at radius 1 is 0.697 bits per heavy atom. The van der Waals surface area contributed by atoms with Gasteiger partial charge in [0.25, 0.3) is 0 Å². The summed E-state index contributed by atoms with van der Waals surface area (Å²) in [4.78, 5) is 27.0. The van der Waals surface area contributed by atoms with Gasteiger partial charge in [-0.05, 0) is 56.9 Å². The zero-order valence-corrected chi connectivity index (χ0v) is 19.3. The Morgan fingerprint density at radius 2 is 1.18 bits per heavy atom. The summed E-state index contributed by atoms with van der Waals surface area (Å²) in [6, 6.07) is 15.4. The Bertz CT molecular complexity index is 908. The molecule has 0 N–H and O–H groups in total.